The first-order valence-electron chi connectivity index (χ1n) is 10.2. The highest BCUT2D eigenvalue weighted by atomic mass is 16.5. The Bertz CT molecular complexity index is 1050. The second kappa shape index (κ2) is 9.51. The maximum Gasteiger partial charge on any atom is 0.279 e. The Balaban J connectivity index is 1.46. The summed E-state index contributed by atoms with van der Waals surface area (Å²) >= 11 is 0. The number of hydrogen-bond acceptors (Lipinski definition) is 4. The van der Waals surface area contributed by atoms with Gasteiger partial charge in [0.1, 0.15) is 11.5 Å². The van der Waals surface area contributed by atoms with Gasteiger partial charge in [0.2, 0.25) is 0 Å². The summed E-state index contributed by atoms with van der Waals surface area (Å²) in [7, 11) is 0. The van der Waals surface area contributed by atoms with Crippen LogP contribution in [0.4, 0.5) is 0 Å². The van der Waals surface area contributed by atoms with E-state index >= 15 is 0 Å². The molecule has 1 atom stereocenters. The van der Waals surface area contributed by atoms with Crippen LogP contribution in [0.15, 0.2) is 66.7 Å². The minimum Gasteiger partial charge on any atom is -0.483 e. The second-order valence-electron chi connectivity index (χ2n) is 8.34. The van der Waals surface area contributed by atoms with E-state index in [9.17, 15) is 9.59 Å². The lowest BCUT2D eigenvalue weighted by Crippen LogP contribution is -2.48. The molecule has 0 saturated heterocycles. The quantitative estimate of drug-likeness (QED) is 0.588. The van der Waals surface area contributed by atoms with Gasteiger partial charge in [0.15, 0.2) is 12.7 Å². The van der Waals surface area contributed by atoms with Crippen molar-refractivity contribution in [1.82, 2.24) is 10.9 Å². The molecule has 0 bridgehead atoms. The molecule has 31 heavy (non-hydrogen) atoms. The van der Waals surface area contributed by atoms with Gasteiger partial charge in [0.25, 0.3) is 11.8 Å². The SMILES string of the molecule is CC(Oc1ccc(C(C)(C)C)cc1)C(=O)NNC(=O)COc1cccc2ccccc12. The molecule has 0 aliphatic carbocycles. The number of nitrogens with one attached hydrogen (secondary N) is 2. The predicted octanol–water partition coefficient (Wildman–Crippen LogP) is 4.13. The molecule has 2 N–H and O–H groups in total. The minimum atomic E-state index is -0.778. The van der Waals surface area contributed by atoms with Crippen molar-refractivity contribution in [3.8, 4) is 11.5 Å². The van der Waals surface area contributed by atoms with E-state index in [0.717, 1.165) is 10.8 Å². The van der Waals surface area contributed by atoms with Crippen LogP contribution >= 0.6 is 0 Å². The fraction of sp³-hybridized carbons (Fsp3) is 0.280. The van der Waals surface area contributed by atoms with Crippen LogP contribution in [0, 0.1) is 0 Å². The van der Waals surface area contributed by atoms with Gasteiger partial charge in [-0.15, -0.1) is 0 Å². The predicted molar refractivity (Wildman–Crippen MR) is 121 cm³/mol. The Kier molecular flexibility index (Phi) is 6.80. The molecule has 0 fully saturated rings. The van der Waals surface area contributed by atoms with Crippen LogP contribution in [0.3, 0.4) is 0 Å². The largest absolute Gasteiger partial charge is 0.483 e. The van der Waals surface area contributed by atoms with Gasteiger partial charge in [0.05, 0.1) is 0 Å². The van der Waals surface area contributed by atoms with Gasteiger partial charge in [0, 0.05) is 5.39 Å². The standard InChI is InChI=1S/C25H28N2O4/c1-17(31-20-14-12-19(13-15-20)25(2,3)4)24(29)27-26-23(28)16-30-22-11-7-9-18-8-5-6-10-21(18)22/h5-15,17H,16H2,1-4H3,(H,26,28)(H,27,29). The van der Waals surface area contributed by atoms with Crippen molar-refractivity contribution in [2.24, 2.45) is 0 Å². The molecule has 3 aromatic rings. The zero-order valence-electron chi connectivity index (χ0n) is 18.3. The van der Waals surface area contributed by atoms with Gasteiger partial charge in [-0.2, -0.15) is 0 Å². The third kappa shape index (κ3) is 5.98. The second-order valence-corrected chi connectivity index (χ2v) is 8.34. The van der Waals surface area contributed by atoms with Gasteiger partial charge in [-0.3, -0.25) is 20.4 Å². The molecule has 0 aromatic heterocycles. The summed E-state index contributed by atoms with van der Waals surface area (Å²) in [6, 6.07) is 21.0. The molecule has 162 valence electrons. The van der Waals surface area contributed by atoms with E-state index in [2.05, 4.69) is 31.6 Å². The molecule has 2 amide bonds. The molecule has 0 spiro atoms. The normalized spacial score (nSPS) is 12.1. The van der Waals surface area contributed by atoms with Crippen LogP contribution in [-0.2, 0) is 15.0 Å². The number of hydrogen-bond donors (Lipinski definition) is 2. The molecule has 0 heterocycles. The molecular formula is C25H28N2O4. The maximum absolute atomic E-state index is 12.2. The molecule has 0 saturated carbocycles. The van der Waals surface area contributed by atoms with Crippen LogP contribution in [0.5, 0.6) is 11.5 Å². The average Bonchev–Trinajstić information content (AvgIpc) is 2.75. The van der Waals surface area contributed by atoms with E-state index < -0.39 is 17.9 Å². The first kappa shape index (κ1) is 22.2. The van der Waals surface area contributed by atoms with E-state index in [1.54, 1.807) is 13.0 Å². The lowest BCUT2D eigenvalue weighted by Gasteiger charge is -2.20. The Morgan fingerprint density at radius 3 is 2.29 bits per heavy atom. The molecule has 0 radical (unpaired) electrons. The molecule has 6 nitrogen and oxygen atoms in total. The molecular weight excluding hydrogens is 392 g/mol. The van der Waals surface area contributed by atoms with Gasteiger partial charge < -0.3 is 9.47 Å². The summed E-state index contributed by atoms with van der Waals surface area (Å²) in [4.78, 5) is 24.3. The van der Waals surface area contributed by atoms with E-state index in [1.807, 2.05) is 60.7 Å². The van der Waals surface area contributed by atoms with Gasteiger partial charge in [-0.1, -0.05) is 69.3 Å². The zero-order valence-corrected chi connectivity index (χ0v) is 18.3. The van der Waals surface area contributed by atoms with Crippen molar-refractivity contribution in [2.45, 2.75) is 39.2 Å². The summed E-state index contributed by atoms with van der Waals surface area (Å²) in [5, 5.41) is 1.94. The summed E-state index contributed by atoms with van der Waals surface area (Å²) in [6.07, 6.45) is -0.778. The van der Waals surface area contributed by atoms with Crippen molar-refractivity contribution < 1.29 is 19.1 Å². The molecule has 1 unspecified atom stereocenters. The van der Waals surface area contributed by atoms with Crippen LogP contribution in [0.2, 0.25) is 0 Å². The lowest BCUT2D eigenvalue weighted by atomic mass is 9.87. The first-order chi connectivity index (χ1) is 14.7. The van der Waals surface area contributed by atoms with E-state index in [4.69, 9.17) is 9.47 Å². The summed E-state index contributed by atoms with van der Waals surface area (Å²) < 4.78 is 11.3. The van der Waals surface area contributed by atoms with Crippen LogP contribution in [0.25, 0.3) is 10.8 Å². The first-order valence-corrected chi connectivity index (χ1v) is 10.2. The number of fused-ring (bicyclic) bond motifs is 1. The zero-order chi connectivity index (χ0) is 22.4. The number of benzene rings is 3. The molecule has 0 aliphatic heterocycles. The molecule has 0 aliphatic rings. The topological polar surface area (TPSA) is 76.7 Å². The highest BCUT2D eigenvalue weighted by molar-refractivity contribution is 5.89. The van der Waals surface area contributed by atoms with Crippen LogP contribution < -0.4 is 20.3 Å². The minimum absolute atomic E-state index is 0.0416. The fourth-order valence-electron chi connectivity index (χ4n) is 3.03. The third-order valence-electron chi connectivity index (χ3n) is 4.84. The Morgan fingerprint density at radius 2 is 1.58 bits per heavy atom. The number of ether oxygens (including phenoxy) is 2. The van der Waals surface area contributed by atoms with Gasteiger partial charge in [-0.25, -0.2) is 0 Å². The van der Waals surface area contributed by atoms with E-state index in [1.165, 1.54) is 5.56 Å². The van der Waals surface area contributed by atoms with Crippen LogP contribution in [0.1, 0.15) is 33.3 Å². The van der Waals surface area contributed by atoms with Gasteiger partial charge in [-0.05, 0) is 41.5 Å². The number of rotatable bonds is 6. The number of hydrazine groups is 1. The van der Waals surface area contributed by atoms with Crippen molar-refractivity contribution in [3.05, 3.63) is 72.3 Å². The van der Waals surface area contributed by atoms with Crippen molar-refractivity contribution in [2.75, 3.05) is 6.61 Å². The summed E-state index contributed by atoms with van der Waals surface area (Å²) in [5.74, 6) is 0.262. The summed E-state index contributed by atoms with van der Waals surface area (Å²) in [6.45, 7) is 7.78. The lowest BCUT2D eigenvalue weighted by molar-refractivity contribution is -0.133. The van der Waals surface area contributed by atoms with Crippen molar-refractivity contribution in [1.29, 1.82) is 0 Å². The monoisotopic (exact) mass is 420 g/mol. The Hall–Kier alpha value is -3.54. The average molecular weight is 421 g/mol. The molecule has 6 heteroatoms. The van der Waals surface area contributed by atoms with Crippen molar-refractivity contribution in [3.63, 3.8) is 0 Å². The number of carbonyl (C=O) groups excluding carboxylic acids is 2. The number of amides is 2. The number of carbonyl (C=O) groups is 2. The van der Waals surface area contributed by atoms with E-state index in [0.29, 0.717) is 11.5 Å². The highest BCUT2D eigenvalue weighted by Gasteiger charge is 2.17. The molecule has 3 rings (SSSR count). The smallest absolute Gasteiger partial charge is 0.279 e. The van der Waals surface area contributed by atoms with Gasteiger partial charge >= 0.3 is 0 Å². The molecule has 3 aromatic carbocycles. The fourth-order valence-corrected chi connectivity index (χ4v) is 3.03. The Labute approximate surface area is 182 Å². The third-order valence-corrected chi connectivity index (χ3v) is 4.84. The van der Waals surface area contributed by atoms with Crippen LogP contribution in [-0.4, -0.2) is 24.5 Å². The Morgan fingerprint density at radius 1 is 0.903 bits per heavy atom. The maximum atomic E-state index is 12.2. The summed E-state index contributed by atoms with van der Waals surface area (Å²) in [5.41, 5.74) is 5.94. The van der Waals surface area contributed by atoms with E-state index in [-0.39, 0.29) is 12.0 Å². The van der Waals surface area contributed by atoms with Crippen molar-refractivity contribution >= 4 is 22.6 Å². The highest BCUT2D eigenvalue weighted by Crippen LogP contribution is 2.25.